The van der Waals surface area contributed by atoms with Crippen molar-refractivity contribution < 1.29 is 4.79 Å². The molecule has 0 spiro atoms. The molecule has 1 aromatic carbocycles. The number of amides is 1. The number of carbonyl (C=O) groups excluding carboxylic acids is 1. The standard InChI is InChI=1S/C22H35N3O/c1-2-12-23-13-6-9-21(19-23)10-11-22(26)25-16-14-24(15-17-25)18-20-7-4-3-5-8-20/h3-5,7-8,21H,2,6,9-19H2,1H3. The molecule has 1 unspecified atom stereocenters. The predicted molar refractivity (Wildman–Crippen MR) is 107 cm³/mol. The molecule has 4 heteroatoms. The molecule has 0 aliphatic carbocycles. The van der Waals surface area contributed by atoms with Crippen molar-refractivity contribution in [3.63, 3.8) is 0 Å². The summed E-state index contributed by atoms with van der Waals surface area (Å²) < 4.78 is 0. The van der Waals surface area contributed by atoms with Gasteiger partial charge in [-0.1, -0.05) is 37.3 Å². The lowest BCUT2D eigenvalue weighted by atomic mass is 9.93. The molecule has 144 valence electrons. The largest absolute Gasteiger partial charge is 0.340 e. The zero-order valence-electron chi connectivity index (χ0n) is 16.4. The Kier molecular flexibility index (Phi) is 7.51. The fourth-order valence-corrected chi connectivity index (χ4v) is 4.39. The second kappa shape index (κ2) is 10.1. The second-order valence-corrected chi connectivity index (χ2v) is 7.99. The van der Waals surface area contributed by atoms with E-state index in [9.17, 15) is 4.79 Å². The summed E-state index contributed by atoms with van der Waals surface area (Å²) in [7, 11) is 0. The average molecular weight is 358 g/mol. The van der Waals surface area contributed by atoms with Crippen LogP contribution in [0.4, 0.5) is 0 Å². The van der Waals surface area contributed by atoms with Crippen LogP contribution in [0.25, 0.3) is 0 Å². The lowest BCUT2D eigenvalue weighted by molar-refractivity contribution is -0.133. The van der Waals surface area contributed by atoms with Gasteiger partial charge >= 0.3 is 0 Å². The normalized spacial score (nSPS) is 22.5. The summed E-state index contributed by atoms with van der Waals surface area (Å²) >= 11 is 0. The first kappa shape index (κ1) is 19.4. The number of benzene rings is 1. The van der Waals surface area contributed by atoms with Crippen LogP contribution < -0.4 is 0 Å². The minimum atomic E-state index is 0.372. The smallest absolute Gasteiger partial charge is 0.222 e. The van der Waals surface area contributed by atoms with Gasteiger partial charge in [0.2, 0.25) is 5.91 Å². The fraction of sp³-hybridized carbons (Fsp3) is 0.682. The topological polar surface area (TPSA) is 26.8 Å². The van der Waals surface area contributed by atoms with Crippen molar-refractivity contribution in [2.24, 2.45) is 5.92 Å². The van der Waals surface area contributed by atoms with E-state index in [0.717, 1.165) is 51.5 Å². The number of hydrogen-bond donors (Lipinski definition) is 0. The number of piperazine rings is 1. The van der Waals surface area contributed by atoms with Crippen molar-refractivity contribution in [1.29, 1.82) is 0 Å². The third-order valence-corrected chi connectivity index (χ3v) is 5.88. The highest BCUT2D eigenvalue weighted by Crippen LogP contribution is 2.22. The van der Waals surface area contributed by atoms with Crippen LogP contribution in [0, 0.1) is 5.92 Å². The van der Waals surface area contributed by atoms with Crippen LogP contribution in [-0.4, -0.2) is 66.4 Å². The Balaban J connectivity index is 1.36. The molecular formula is C22H35N3O. The minimum absolute atomic E-state index is 0.372. The van der Waals surface area contributed by atoms with Gasteiger partial charge in [0.25, 0.3) is 0 Å². The summed E-state index contributed by atoms with van der Waals surface area (Å²) in [4.78, 5) is 19.7. The Morgan fingerprint density at radius 3 is 2.54 bits per heavy atom. The highest BCUT2D eigenvalue weighted by atomic mass is 16.2. The molecule has 2 fully saturated rings. The van der Waals surface area contributed by atoms with Gasteiger partial charge < -0.3 is 9.80 Å². The maximum absolute atomic E-state index is 12.6. The SMILES string of the molecule is CCCN1CCCC(CCC(=O)N2CCN(Cc3ccccc3)CC2)C1. The molecule has 0 saturated carbocycles. The van der Waals surface area contributed by atoms with Crippen molar-refractivity contribution in [1.82, 2.24) is 14.7 Å². The Hall–Kier alpha value is -1.39. The Morgan fingerprint density at radius 2 is 1.81 bits per heavy atom. The molecule has 2 aliphatic rings. The molecule has 0 radical (unpaired) electrons. The van der Waals surface area contributed by atoms with E-state index < -0.39 is 0 Å². The highest BCUT2D eigenvalue weighted by molar-refractivity contribution is 5.76. The zero-order valence-corrected chi connectivity index (χ0v) is 16.4. The number of piperidine rings is 1. The molecule has 26 heavy (non-hydrogen) atoms. The van der Waals surface area contributed by atoms with Crippen molar-refractivity contribution in [3.05, 3.63) is 35.9 Å². The van der Waals surface area contributed by atoms with Gasteiger partial charge in [0.15, 0.2) is 0 Å². The van der Waals surface area contributed by atoms with Crippen molar-refractivity contribution >= 4 is 5.91 Å². The number of hydrogen-bond acceptors (Lipinski definition) is 3. The third kappa shape index (κ3) is 5.82. The number of carbonyl (C=O) groups is 1. The zero-order chi connectivity index (χ0) is 18.2. The lowest BCUT2D eigenvalue weighted by Gasteiger charge is -2.36. The van der Waals surface area contributed by atoms with Crippen LogP contribution >= 0.6 is 0 Å². The van der Waals surface area contributed by atoms with Crippen LogP contribution in [0.2, 0.25) is 0 Å². The van der Waals surface area contributed by atoms with Crippen LogP contribution in [0.3, 0.4) is 0 Å². The summed E-state index contributed by atoms with van der Waals surface area (Å²) in [5.74, 6) is 1.09. The van der Waals surface area contributed by atoms with Gasteiger partial charge in [-0.15, -0.1) is 0 Å². The molecule has 0 bridgehead atoms. The number of nitrogens with zero attached hydrogens (tertiary/aromatic N) is 3. The van der Waals surface area contributed by atoms with Gasteiger partial charge in [-0.25, -0.2) is 0 Å². The highest BCUT2D eigenvalue weighted by Gasteiger charge is 2.24. The molecule has 0 N–H and O–H groups in total. The maximum atomic E-state index is 12.6. The molecule has 1 aromatic rings. The first-order valence-corrected chi connectivity index (χ1v) is 10.5. The van der Waals surface area contributed by atoms with E-state index >= 15 is 0 Å². The molecule has 2 aliphatic heterocycles. The quantitative estimate of drug-likeness (QED) is 0.750. The number of rotatable bonds is 7. The van der Waals surface area contributed by atoms with E-state index in [4.69, 9.17) is 0 Å². The van der Waals surface area contributed by atoms with Gasteiger partial charge in [-0.2, -0.15) is 0 Å². The minimum Gasteiger partial charge on any atom is -0.340 e. The Labute approximate surface area is 159 Å². The van der Waals surface area contributed by atoms with Crippen LogP contribution in [0.1, 0.15) is 44.6 Å². The van der Waals surface area contributed by atoms with E-state index in [1.807, 2.05) is 0 Å². The molecule has 2 saturated heterocycles. The van der Waals surface area contributed by atoms with Crippen LogP contribution in [0.5, 0.6) is 0 Å². The monoisotopic (exact) mass is 357 g/mol. The molecule has 3 rings (SSSR count). The summed E-state index contributed by atoms with van der Waals surface area (Å²) in [5, 5.41) is 0. The van der Waals surface area contributed by atoms with Crippen molar-refractivity contribution in [3.8, 4) is 0 Å². The van der Waals surface area contributed by atoms with E-state index in [2.05, 4.69) is 52.0 Å². The third-order valence-electron chi connectivity index (χ3n) is 5.88. The molecule has 4 nitrogen and oxygen atoms in total. The summed E-state index contributed by atoms with van der Waals surface area (Å²) in [6, 6.07) is 10.6. The van der Waals surface area contributed by atoms with E-state index in [-0.39, 0.29) is 0 Å². The van der Waals surface area contributed by atoms with Crippen LogP contribution in [-0.2, 0) is 11.3 Å². The van der Waals surface area contributed by atoms with E-state index in [0.29, 0.717) is 5.91 Å². The van der Waals surface area contributed by atoms with E-state index in [1.54, 1.807) is 0 Å². The first-order valence-electron chi connectivity index (χ1n) is 10.5. The second-order valence-electron chi connectivity index (χ2n) is 7.99. The van der Waals surface area contributed by atoms with Gasteiger partial charge in [0, 0.05) is 45.7 Å². The first-order chi connectivity index (χ1) is 12.7. The van der Waals surface area contributed by atoms with Gasteiger partial charge in [-0.05, 0) is 50.3 Å². The predicted octanol–water partition coefficient (Wildman–Crippen LogP) is 3.23. The number of likely N-dealkylation sites (tertiary alicyclic amines) is 1. The lowest BCUT2D eigenvalue weighted by Crippen LogP contribution is -2.48. The van der Waals surface area contributed by atoms with Crippen molar-refractivity contribution in [2.45, 2.75) is 45.6 Å². The summed E-state index contributed by atoms with van der Waals surface area (Å²) in [6.07, 6.45) is 5.65. The molecule has 2 heterocycles. The Morgan fingerprint density at radius 1 is 1.04 bits per heavy atom. The van der Waals surface area contributed by atoms with Gasteiger partial charge in [0.1, 0.15) is 0 Å². The van der Waals surface area contributed by atoms with E-state index in [1.165, 1.54) is 44.5 Å². The Bertz CT molecular complexity index is 538. The molecule has 1 atom stereocenters. The summed E-state index contributed by atoms with van der Waals surface area (Å²) in [5.41, 5.74) is 1.36. The fourth-order valence-electron chi connectivity index (χ4n) is 4.39. The molecule has 1 amide bonds. The molecule has 0 aromatic heterocycles. The average Bonchev–Trinajstić information content (AvgIpc) is 2.68. The molecular weight excluding hydrogens is 322 g/mol. The van der Waals surface area contributed by atoms with Crippen LogP contribution in [0.15, 0.2) is 30.3 Å². The van der Waals surface area contributed by atoms with Gasteiger partial charge in [0.05, 0.1) is 0 Å². The summed E-state index contributed by atoms with van der Waals surface area (Å²) in [6.45, 7) is 10.7. The van der Waals surface area contributed by atoms with Crippen molar-refractivity contribution in [2.75, 3.05) is 45.8 Å². The van der Waals surface area contributed by atoms with Gasteiger partial charge in [-0.3, -0.25) is 9.69 Å². The maximum Gasteiger partial charge on any atom is 0.222 e.